The van der Waals surface area contributed by atoms with Gasteiger partial charge >= 0.3 is 6.18 Å². The topological polar surface area (TPSA) is 79.6 Å². The van der Waals surface area contributed by atoms with Crippen molar-refractivity contribution in [2.45, 2.75) is 39.5 Å². The standard InChI is InChI=1S/C27H25F3N4O3/c1-16-9-17(2)31-24-15-33(14-22(16)24)26(35)10-18-12-32(13-18)21-6-3-19(4-7-21)20-5-8-25(34(36)37)23(11-20)27(28,29)30/h3-9,11,18H,10,12-15H2,1-2H3. The molecular weight excluding hydrogens is 485 g/mol. The van der Waals surface area contributed by atoms with Gasteiger partial charge in [-0.1, -0.05) is 12.1 Å². The van der Waals surface area contributed by atoms with E-state index in [2.05, 4.69) is 9.88 Å². The smallest absolute Gasteiger partial charge is 0.371 e. The molecule has 0 bridgehead atoms. The predicted octanol–water partition coefficient (Wildman–Crippen LogP) is 5.66. The Labute approximate surface area is 211 Å². The molecule has 192 valence electrons. The number of nitrogens with zero attached hydrogens (tertiary/aromatic N) is 4. The van der Waals surface area contributed by atoms with Crippen molar-refractivity contribution in [2.24, 2.45) is 5.92 Å². The number of rotatable bonds is 5. The highest BCUT2D eigenvalue weighted by molar-refractivity contribution is 5.78. The van der Waals surface area contributed by atoms with Gasteiger partial charge in [0.05, 0.1) is 17.2 Å². The molecule has 0 aliphatic carbocycles. The fraction of sp³-hybridized carbons (Fsp3) is 0.333. The number of benzene rings is 2. The Morgan fingerprint density at radius 3 is 2.38 bits per heavy atom. The van der Waals surface area contributed by atoms with Crippen molar-refractivity contribution in [3.8, 4) is 11.1 Å². The van der Waals surface area contributed by atoms with Crippen LogP contribution < -0.4 is 4.90 Å². The van der Waals surface area contributed by atoms with Crippen molar-refractivity contribution in [1.82, 2.24) is 9.88 Å². The molecule has 3 aromatic rings. The Kier molecular flexibility index (Phi) is 6.13. The van der Waals surface area contributed by atoms with Gasteiger partial charge in [0, 0.05) is 49.4 Å². The highest BCUT2D eigenvalue weighted by atomic mass is 19.4. The van der Waals surface area contributed by atoms with E-state index >= 15 is 0 Å². The molecule has 0 N–H and O–H groups in total. The first-order chi connectivity index (χ1) is 17.5. The second-order valence-corrected chi connectivity index (χ2v) is 9.76. The fourth-order valence-electron chi connectivity index (χ4n) is 5.14. The van der Waals surface area contributed by atoms with E-state index in [4.69, 9.17) is 0 Å². The third-order valence-electron chi connectivity index (χ3n) is 7.09. The number of anilines is 1. The van der Waals surface area contributed by atoms with Gasteiger partial charge in [0.2, 0.25) is 5.91 Å². The van der Waals surface area contributed by atoms with Gasteiger partial charge < -0.3 is 9.80 Å². The molecule has 2 aliphatic rings. The van der Waals surface area contributed by atoms with Crippen LogP contribution in [0.3, 0.4) is 0 Å². The molecule has 1 aromatic heterocycles. The Morgan fingerprint density at radius 1 is 1.05 bits per heavy atom. The van der Waals surface area contributed by atoms with E-state index < -0.39 is 22.4 Å². The number of carbonyl (C=O) groups is 1. The number of aryl methyl sites for hydroxylation is 2. The predicted molar refractivity (Wildman–Crippen MR) is 132 cm³/mol. The zero-order valence-electron chi connectivity index (χ0n) is 20.4. The number of hydrogen-bond donors (Lipinski definition) is 0. The van der Waals surface area contributed by atoms with Crippen LogP contribution in [-0.2, 0) is 24.1 Å². The zero-order valence-corrected chi connectivity index (χ0v) is 20.4. The van der Waals surface area contributed by atoms with Crippen LogP contribution in [-0.4, -0.2) is 33.8 Å². The van der Waals surface area contributed by atoms with Crippen LogP contribution in [0.15, 0.2) is 48.5 Å². The lowest BCUT2D eigenvalue weighted by Gasteiger charge is -2.41. The van der Waals surface area contributed by atoms with E-state index in [-0.39, 0.29) is 17.4 Å². The number of nitro groups is 1. The van der Waals surface area contributed by atoms with Gasteiger partial charge in [-0.15, -0.1) is 0 Å². The second-order valence-electron chi connectivity index (χ2n) is 9.76. The number of amides is 1. The molecule has 1 amide bonds. The Bertz CT molecular complexity index is 1380. The molecule has 1 fully saturated rings. The number of pyridine rings is 1. The molecule has 0 unspecified atom stereocenters. The fourth-order valence-corrected chi connectivity index (χ4v) is 5.14. The minimum Gasteiger partial charge on any atom is -0.371 e. The van der Waals surface area contributed by atoms with Crippen LogP contribution in [0.25, 0.3) is 11.1 Å². The molecule has 7 nitrogen and oxygen atoms in total. The van der Waals surface area contributed by atoms with Crippen molar-refractivity contribution in [3.05, 3.63) is 86.7 Å². The van der Waals surface area contributed by atoms with E-state index in [1.165, 1.54) is 11.6 Å². The van der Waals surface area contributed by atoms with E-state index in [1.807, 2.05) is 36.9 Å². The average molecular weight is 511 g/mol. The van der Waals surface area contributed by atoms with E-state index in [9.17, 15) is 28.1 Å². The van der Waals surface area contributed by atoms with Crippen LogP contribution in [0.5, 0.6) is 0 Å². The number of hydrogen-bond acceptors (Lipinski definition) is 5. The molecular formula is C27H25F3N4O3. The molecule has 5 rings (SSSR count). The van der Waals surface area contributed by atoms with Gasteiger partial charge in [-0.2, -0.15) is 13.2 Å². The molecule has 0 saturated carbocycles. The Morgan fingerprint density at radius 2 is 1.73 bits per heavy atom. The Hall–Kier alpha value is -3.95. The van der Waals surface area contributed by atoms with Crippen molar-refractivity contribution in [1.29, 1.82) is 0 Å². The quantitative estimate of drug-likeness (QED) is 0.327. The van der Waals surface area contributed by atoms with Gasteiger partial charge in [-0.25, -0.2) is 0 Å². The van der Waals surface area contributed by atoms with E-state index in [0.717, 1.165) is 47.9 Å². The minimum absolute atomic E-state index is 0.119. The maximum atomic E-state index is 13.3. The first kappa shape index (κ1) is 24.7. The number of halogens is 3. The van der Waals surface area contributed by atoms with Crippen LogP contribution in [0, 0.1) is 29.9 Å². The third-order valence-corrected chi connectivity index (χ3v) is 7.09. The van der Waals surface area contributed by atoms with Crippen LogP contribution in [0.4, 0.5) is 24.5 Å². The lowest BCUT2D eigenvalue weighted by molar-refractivity contribution is -0.388. The molecule has 2 aromatic carbocycles. The summed E-state index contributed by atoms with van der Waals surface area (Å²) in [5, 5.41) is 11.0. The largest absolute Gasteiger partial charge is 0.423 e. The number of nitro benzene ring substituents is 1. The lowest BCUT2D eigenvalue weighted by atomic mass is 9.94. The minimum atomic E-state index is -4.82. The highest BCUT2D eigenvalue weighted by Crippen LogP contribution is 2.39. The van der Waals surface area contributed by atoms with Gasteiger partial charge in [0.25, 0.3) is 5.69 Å². The summed E-state index contributed by atoms with van der Waals surface area (Å²) < 4.78 is 39.9. The first-order valence-corrected chi connectivity index (χ1v) is 11.9. The van der Waals surface area contributed by atoms with Gasteiger partial charge in [-0.05, 0) is 66.4 Å². The molecule has 3 heterocycles. The molecule has 0 atom stereocenters. The van der Waals surface area contributed by atoms with E-state index in [0.29, 0.717) is 25.1 Å². The summed E-state index contributed by atoms with van der Waals surface area (Å²) >= 11 is 0. The maximum Gasteiger partial charge on any atom is 0.423 e. The molecule has 37 heavy (non-hydrogen) atoms. The van der Waals surface area contributed by atoms with Gasteiger partial charge in [0.15, 0.2) is 0 Å². The number of fused-ring (bicyclic) bond motifs is 1. The summed E-state index contributed by atoms with van der Waals surface area (Å²) in [5.41, 5.74) is 3.72. The number of aromatic nitrogens is 1. The van der Waals surface area contributed by atoms with Crippen molar-refractivity contribution >= 4 is 17.3 Å². The summed E-state index contributed by atoms with van der Waals surface area (Å²) in [6.07, 6.45) is -4.36. The normalized spacial score (nSPS) is 15.5. The summed E-state index contributed by atoms with van der Waals surface area (Å²) in [6.45, 7) is 6.60. The van der Waals surface area contributed by atoms with E-state index in [1.54, 1.807) is 12.1 Å². The Balaban J connectivity index is 1.19. The zero-order chi connectivity index (χ0) is 26.5. The lowest BCUT2D eigenvalue weighted by Crippen LogP contribution is -2.48. The summed E-state index contributed by atoms with van der Waals surface area (Å²) in [4.78, 5) is 31.4. The summed E-state index contributed by atoms with van der Waals surface area (Å²) in [6, 6.07) is 12.1. The monoisotopic (exact) mass is 510 g/mol. The number of carbonyl (C=O) groups excluding carboxylic acids is 1. The molecule has 10 heteroatoms. The molecule has 0 spiro atoms. The van der Waals surface area contributed by atoms with Crippen molar-refractivity contribution in [3.63, 3.8) is 0 Å². The van der Waals surface area contributed by atoms with Crippen molar-refractivity contribution in [2.75, 3.05) is 18.0 Å². The van der Waals surface area contributed by atoms with Gasteiger partial charge in [-0.3, -0.25) is 19.9 Å². The van der Waals surface area contributed by atoms with Crippen LogP contribution >= 0.6 is 0 Å². The summed E-state index contributed by atoms with van der Waals surface area (Å²) in [7, 11) is 0. The molecule has 1 saturated heterocycles. The summed E-state index contributed by atoms with van der Waals surface area (Å²) in [5.74, 6) is 0.351. The average Bonchev–Trinajstić information content (AvgIpc) is 3.25. The van der Waals surface area contributed by atoms with Crippen LogP contribution in [0.1, 0.15) is 34.5 Å². The van der Waals surface area contributed by atoms with Gasteiger partial charge in [0.1, 0.15) is 5.56 Å². The maximum absolute atomic E-state index is 13.3. The highest BCUT2D eigenvalue weighted by Gasteiger charge is 2.38. The third kappa shape index (κ3) is 4.87. The molecule has 0 radical (unpaired) electrons. The number of alkyl halides is 3. The van der Waals surface area contributed by atoms with Crippen molar-refractivity contribution < 1.29 is 22.9 Å². The SMILES string of the molecule is Cc1cc(C)c2c(n1)CN(C(=O)CC1CN(c3ccc(-c4ccc([N+](=O)[O-])c(C(F)(F)F)c4)cc3)C1)C2. The molecule has 2 aliphatic heterocycles. The van der Waals surface area contributed by atoms with Crippen LogP contribution in [0.2, 0.25) is 0 Å². The second kappa shape index (κ2) is 9.17. The first-order valence-electron chi connectivity index (χ1n) is 11.9.